The highest BCUT2D eigenvalue weighted by Gasteiger charge is 2.19. The average molecular weight is 333 g/mol. The van der Waals surface area contributed by atoms with E-state index in [4.69, 9.17) is 0 Å². The van der Waals surface area contributed by atoms with Crippen molar-refractivity contribution in [1.29, 1.82) is 0 Å². The number of rotatable bonds is 5. The monoisotopic (exact) mass is 333 g/mol. The molecule has 112 valence electrons. The smallest absolute Gasteiger partial charge is 0.209 e. The first-order valence-corrected chi connectivity index (χ1v) is 8.32. The van der Waals surface area contributed by atoms with E-state index >= 15 is 0 Å². The lowest BCUT2D eigenvalue weighted by Crippen LogP contribution is -2.13. The third-order valence-corrected chi connectivity index (χ3v) is 4.84. The summed E-state index contributed by atoms with van der Waals surface area (Å²) in [4.78, 5) is 17.7. The Bertz CT molecular complexity index is 768. The van der Waals surface area contributed by atoms with Crippen LogP contribution in [-0.4, -0.2) is 26.2 Å². The summed E-state index contributed by atoms with van der Waals surface area (Å²) in [5.41, 5.74) is 0.482. The molecule has 0 radical (unpaired) electrons. The van der Waals surface area contributed by atoms with Gasteiger partial charge in [0.2, 0.25) is 5.16 Å². The van der Waals surface area contributed by atoms with Crippen molar-refractivity contribution in [3.8, 4) is 10.7 Å². The van der Waals surface area contributed by atoms with Crippen molar-refractivity contribution >= 4 is 28.9 Å². The van der Waals surface area contributed by atoms with E-state index in [0.717, 1.165) is 4.88 Å². The molecule has 2 aromatic heterocycles. The normalized spacial score (nSPS) is 12.3. The van der Waals surface area contributed by atoms with Crippen LogP contribution in [-0.2, 0) is 0 Å². The van der Waals surface area contributed by atoms with E-state index in [1.165, 1.54) is 36.0 Å². The quantitative estimate of drug-likeness (QED) is 0.565. The summed E-state index contributed by atoms with van der Waals surface area (Å²) in [5, 5.41) is 9.12. The Hall–Kier alpha value is -1.99. The Balaban J connectivity index is 1.70. The van der Waals surface area contributed by atoms with Crippen LogP contribution in [0, 0.1) is 5.82 Å². The number of hydrogen-bond acceptors (Lipinski definition) is 5. The Morgan fingerprint density at radius 3 is 2.77 bits per heavy atom. The lowest BCUT2D eigenvalue weighted by molar-refractivity contribution is 0.0994. The summed E-state index contributed by atoms with van der Waals surface area (Å²) >= 11 is 2.84. The van der Waals surface area contributed by atoms with Crippen molar-refractivity contribution in [2.45, 2.75) is 17.3 Å². The maximum atomic E-state index is 12.9. The average Bonchev–Trinajstić information content (AvgIpc) is 3.18. The van der Waals surface area contributed by atoms with Crippen LogP contribution in [0.5, 0.6) is 0 Å². The van der Waals surface area contributed by atoms with E-state index in [1.807, 2.05) is 17.5 Å². The Morgan fingerprint density at radius 2 is 2.09 bits per heavy atom. The maximum Gasteiger partial charge on any atom is 0.209 e. The van der Waals surface area contributed by atoms with Crippen LogP contribution in [0.1, 0.15) is 17.3 Å². The maximum absolute atomic E-state index is 12.9. The number of ketones is 1. The van der Waals surface area contributed by atoms with Gasteiger partial charge >= 0.3 is 0 Å². The second kappa shape index (κ2) is 6.41. The molecule has 0 saturated heterocycles. The van der Waals surface area contributed by atoms with E-state index in [1.54, 1.807) is 18.3 Å². The van der Waals surface area contributed by atoms with Crippen LogP contribution in [0.3, 0.4) is 0 Å². The molecular formula is C15H12FN3OS2. The number of H-pyrrole nitrogens is 1. The van der Waals surface area contributed by atoms with Crippen LogP contribution in [0.2, 0.25) is 0 Å². The highest BCUT2D eigenvalue weighted by Crippen LogP contribution is 2.26. The van der Waals surface area contributed by atoms with Gasteiger partial charge in [-0.15, -0.1) is 16.4 Å². The van der Waals surface area contributed by atoms with Crippen LogP contribution in [0.4, 0.5) is 4.39 Å². The van der Waals surface area contributed by atoms with Crippen LogP contribution >= 0.6 is 23.1 Å². The van der Waals surface area contributed by atoms with Gasteiger partial charge in [0.25, 0.3) is 0 Å². The van der Waals surface area contributed by atoms with E-state index in [2.05, 4.69) is 15.2 Å². The van der Waals surface area contributed by atoms with Crippen molar-refractivity contribution in [3.05, 3.63) is 53.2 Å². The molecule has 2 heterocycles. The van der Waals surface area contributed by atoms with Gasteiger partial charge in [0.15, 0.2) is 11.6 Å². The van der Waals surface area contributed by atoms with Gasteiger partial charge in [-0.3, -0.25) is 9.89 Å². The second-order valence-electron chi connectivity index (χ2n) is 4.58. The second-order valence-corrected chi connectivity index (χ2v) is 6.83. The lowest BCUT2D eigenvalue weighted by atomic mass is 10.1. The fourth-order valence-corrected chi connectivity index (χ4v) is 3.35. The highest BCUT2D eigenvalue weighted by atomic mass is 32.2. The number of nitrogens with zero attached hydrogens (tertiary/aromatic N) is 2. The number of Topliss-reactive ketones (excluding diaryl/α,β-unsaturated/α-hetero) is 1. The van der Waals surface area contributed by atoms with Gasteiger partial charge in [-0.25, -0.2) is 9.37 Å². The molecule has 0 spiro atoms. The largest absolute Gasteiger partial charge is 0.293 e. The van der Waals surface area contributed by atoms with Gasteiger partial charge in [-0.05, 0) is 42.6 Å². The molecule has 7 heteroatoms. The minimum Gasteiger partial charge on any atom is -0.293 e. The van der Waals surface area contributed by atoms with Gasteiger partial charge in [0.1, 0.15) is 5.82 Å². The Labute approximate surface area is 134 Å². The van der Waals surface area contributed by atoms with Gasteiger partial charge in [-0.1, -0.05) is 17.8 Å². The number of aromatic amines is 1. The van der Waals surface area contributed by atoms with Crippen LogP contribution < -0.4 is 0 Å². The van der Waals surface area contributed by atoms with Crippen molar-refractivity contribution < 1.29 is 9.18 Å². The molecule has 0 saturated carbocycles. The number of halogens is 1. The number of hydrogen-bond donors (Lipinski definition) is 1. The number of aromatic nitrogens is 3. The molecule has 0 aliphatic carbocycles. The third-order valence-electron chi connectivity index (χ3n) is 3.00. The summed E-state index contributed by atoms with van der Waals surface area (Å²) in [6.45, 7) is 1.79. The number of benzene rings is 1. The molecule has 3 rings (SSSR count). The Morgan fingerprint density at radius 1 is 1.32 bits per heavy atom. The predicted octanol–water partition coefficient (Wildman–Crippen LogP) is 4.04. The molecule has 0 aliphatic heterocycles. The molecule has 1 atom stereocenters. The van der Waals surface area contributed by atoms with E-state index in [9.17, 15) is 9.18 Å². The first kappa shape index (κ1) is 14.9. The molecule has 0 aliphatic rings. The summed E-state index contributed by atoms with van der Waals surface area (Å²) in [6, 6.07) is 9.44. The predicted molar refractivity (Wildman–Crippen MR) is 85.7 cm³/mol. The number of thiophene rings is 1. The summed E-state index contributed by atoms with van der Waals surface area (Å²) in [7, 11) is 0. The standard InChI is InChI=1S/C15H12FN3OS2/c1-9(13(20)10-4-6-11(16)7-5-10)22-15-17-14(18-19-15)12-3-2-8-21-12/h2-9H,1H3,(H,17,18,19)/t9-/m1/s1. The van der Waals surface area contributed by atoms with Crippen molar-refractivity contribution in [2.24, 2.45) is 0 Å². The number of thioether (sulfide) groups is 1. The highest BCUT2D eigenvalue weighted by molar-refractivity contribution is 8.00. The van der Waals surface area contributed by atoms with Crippen molar-refractivity contribution in [1.82, 2.24) is 15.2 Å². The summed E-state index contributed by atoms with van der Waals surface area (Å²) in [6.07, 6.45) is 0. The molecule has 0 unspecified atom stereocenters. The number of nitrogens with one attached hydrogen (secondary N) is 1. The van der Waals surface area contributed by atoms with Gasteiger partial charge in [0, 0.05) is 5.56 Å². The summed E-state index contributed by atoms with van der Waals surface area (Å²) < 4.78 is 12.9. The van der Waals surface area contributed by atoms with Gasteiger partial charge in [-0.2, -0.15) is 0 Å². The fraction of sp³-hybridized carbons (Fsp3) is 0.133. The molecule has 4 nitrogen and oxygen atoms in total. The molecule has 22 heavy (non-hydrogen) atoms. The van der Waals surface area contributed by atoms with Crippen molar-refractivity contribution in [2.75, 3.05) is 0 Å². The molecule has 1 N–H and O–H groups in total. The van der Waals surface area contributed by atoms with E-state index in [-0.39, 0.29) is 16.9 Å². The molecule has 0 fully saturated rings. The van der Waals surface area contributed by atoms with Gasteiger partial charge < -0.3 is 0 Å². The zero-order chi connectivity index (χ0) is 15.5. The van der Waals surface area contributed by atoms with Gasteiger partial charge in [0.05, 0.1) is 10.1 Å². The molecular weight excluding hydrogens is 321 g/mol. The zero-order valence-electron chi connectivity index (χ0n) is 11.6. The fourth-order valence-electron chi connectivity index (χ4n) is 1.88. The molecule has 3 aromatic rings. The van der Waals surface area contributed by atoms with Crippen LogP contribution in [0.15, 0.2) is 46.9 Å². The van der Waals surface area contributed by atoms with Crippen LogP contribution in [0.25, 0.3) is 10.7 Å². The molecule has 0 bridgehead atoms. The first-order valence-electron chi connectivity index (χ1n) is 6.56. The lowest BCUT2D eigenvalue weighted by Gasteiger charge is -2.07. The Kier molecular flexibility index (Phi) is 4.35. The summed E-state index contributed by atoms with van der Waals surface area (Å²) in [5.74, 6) is 0.262. The minimum atomic E-state index is -0.355. The molecule has 0 amide bonds. The molecule has 1 aromatic carbocycles. The zero-order valence-corrected chi connectivity index (χ0v) is 13.2. The third kappa shape index (κ3) is 3.26. The van der Waals surface area contributed by atoms with Crippen molar-refractivity contribution in [3.63, 3.8) is 0 Å². The minimum absolute atomic E-state index is 0.0764. The number of carbonyl (C=O) groups excluding carboxylic acids is 1. The van der Waals surface area contributed by atoms with E-state index < -0.39 is 0 Å². The first-order chi connectivity index (χ1) is 10.6. The topological polar surface area (TPSA) is 58.6 Å². The SMILES string of the molecule is C[C@@H](Sc1n[nH]c(-c2cccs2)n1)C(=O)c1ccc(F)cc1. The van der Waals surface area contributed by atoms with E-state index in [0.29, 0.717) is 16.5 Å². The number of carbonyl (C=O) groups is 1.